The Morgan fingerprint density at radius 3 is 3.00 bits per heavy atom. The Kier molecular flexibility index (Phi) is 4.04. The van der Waals surface area contributed by atoms with Crippen molar-refractivity contribution in [1.82, 2.24) is 10.3 Å². The van der Waals surface area contributed by atoms with Gasteiger partial charge in [0.25, 0.3) is 5.91 Å². The lowest BCUT2D eigenvalue weighted by molar-refractivity contribution is 0.0936. The second-order valence-corrected chi connectivity index (χ2v) is 6.59. The molecule has 1 aromatic rings. The first-order chi connectivity index (χ1) is 9.02. The average Bonchev–Trinajstić information content (AvgIpc) is 2.69. The highest BCUT2D eigenvalue weighted by atomic mass is 32.2. The molecule has 1 atom stereocenters. The molecule has 7 heteroatoms. The van der Waals surface area contributed by atoms with Gasteiger partial charge in [-0.25, -0.2) is 13.4 Å². The SMILES string of the molecule is CCOc1ncccc1C(=O)N[C@H]1CCS(=O)(=O)C1. The molecular formula is C12H16N2O4S. The minimum Gasteiger partial charge on any atom is -0.477 e. The van der Waals surface area contributed by atoms with E-state index in [0.717, 1.165) is 0 Å². The highest BCUT2D eigenvalue weighted by molar-refractivity contribution is 7.91. The van der Waals surface area contributed by atoms with E-state index in [-0.39, 0.29) is 29.3 Å². The zero-order chi connectivity index (χ0) is 13.9. The molecule has 0 bridgehead atoms. The molecule has 19 heavy (non-hydrogen) atoms. The molecule has 6 nitrogen and oxygen atoms in total. The quantitative estimate of drug-likeness (QED) is 0.865. The van der Waals surface area contributed by atoms with Gasteiger partial charge in [-0.15, -0.1) is 0 Å². The van der Waals surface area contributed by atoms with Crippen molar-refractivity contribution in [3.8, 4) is 5.88 Å². The molecule has 1 N–H and O–H groups in total. The summed E-state index contributed by atoms with van der Waals surface area (Å²) in [5, 5.41) is 2.71. The Balaban J connectivity index is 2.08. The van der Waals surface area contributed by atoms with Gasteiger partial charge in [-0.3, -0.25) is 4.79 Å². The number of nitrogens with zero attached hydrogens (tertiary/aromatic N) is 1. The number of ether oxygens (including phenoxy) is 1. The Morgan fingerprint density at radius 1 is 1.58 bits per heavy atom. The molecule has 0 aliphatic carbocycles. The minimum absolute atomic E-state index is 0.00295. The van der Waals surface area contributed by atoms with Gasteiger partial charge in [-0.05, 0) is 25.5 Å². The lowest BCUT2D eigenvalue weighted by Crippen LogP contribution is -2.35. The van der Waals surface area contributed by atoms with E-state index >= 15 is 0 Å². The van der Waals surface area contributed by atoms with Gasteiger partial charge in [0, 0.05) is 12.2 Å². The molecule has 2 rings (SSSR count). The molecule has 0 saturated carbocycles. The van der Waals surface area contributed by atoms with Crippen LogP contribution in [0.3, 0.4) is 0 Å². The zero-order valence-electron chi connectivity index (χ0n) is 10.6. The largest absolute Gasteiger partial charge is 0.477 e. The van der Waals surface area contributed by atoms with Crippen molar-refractivity contribution >= 4 is 15.7 Å². The molecule has 1 aliphatic heterocycles. The predicted molar refractivity (Wildman–Crippen MR) is 69.9 cm³/mol. The van der Waals surface area contributed by atoms with Crippen LogP contribution >= 0.6 is 0 Å². The lowest BCUT2D eigenvalue weighted by atomic mass is 10.2. The van der Waals surface area contributed by atoms with Crippen LogP contribution < -0.4 is 10.1 Å². The third kappa shape index (κ3) is 3.44. The summed E-state index contributed by atoms with van der Waals surface area (Å²) in [6.07, 6.45) is 2.00. The maximum absolute atomic E-state index is 12.1. The Hall–Kier alpha value is -1.63. The molecule has 104 valence electrons. The van der Waals surface area contributed by atoms with E-state index in [9.17, 15) is 13.2 Å². The molecule has 1 saturated heterocycles. The number of aromatic nitrogens is 1. The second kappa shape index (κ2) is 5.56. The van der Waals surface area contributed by atoms with E-state index in [1.807, 2.05) is 0 Å². The predicted octanol–water partition coefficient (Wildman–Crippen LogP) is 0.397. The summed E-state index contributed by atoms with van der Waals surface area (Å²) in [5.74, 6) is 0.0497. The molecule has 2 heterocycles. The molecule has 0 unspecified atom stereocenters. The molecule has 1 amide bonds. The number of pyridine rings is 1. The molecule has 1 aliphatic rings. The fraction of sp³-hybridized carbons (Fsp3) is 0.500. The summed E-state index contributed by atoms with van der Waals surface area (Å²) >= 11 is 0. The summed E-state index contributed by atoms with van der Waals surface area (Å²) in [4.78, 5) is 16.1. The summed E-state index contributed by atoms with van der Waals surface area (Å²) in [7, 11) is -3.01. The van der Waals surface area contributed by atoms with Gasteiger partial charge in [-0.1, -0.05) is 0 Å². The van der Waals surface area contributed by atoms with E-state index < -0.39 is 9.84 Å². The Bertz CT molecular complexity index is 571. The van der Waals surface area contributed by atoms with Crippen molar-refractivity contribution in [2.45, 2.75) is 19.4 Å². The number of amides is 1. The fourth-order valence-corrected chi connectivity index (χ4v) is 3.66. The summed E-state index contributed by atoms with van der Waals surface area (Å²) in [6, 6.07) is 2.92. The fourth-order valence-electron chi connectivity index (χ4n) is 1.99. The zero-order valence-corrected chi connectivity index (χ0v) is 11.4. The van der Waals surface area contributed by atoms with Crippen LogP contribution in [0.2, 0.25) is 0 Å². The topological polar surface area (TPSA) is 85.4 Å². The Morgan fingerprint density at radius 2 is 2.37 bits per heavy atom. The van der Waals surface area contributed by atoms with Crippen LogP contribution in [-0.2, 0) is 9.84 Å². The van der Waals surface area contributed by atoms with Crippen molar-refractivity contribution < 1.29 is 17.9 Å². The van der Waals surface area contributed by atoms with Crippen LogP contribution in [0.15, 0.2) is 18.3 Å². The third-order valence-corrected chi connectivity index (χ3v) is 4.63. The monoisotopic (exact) mass is 284 g/mol. The van der Waals surface area contributed by atoms with Crippen LogP contribution in [0.25, 0.3) is 0 Å². The number of carbonyl (C=O) groups excluding carboxylic acids is 1. The maximum Gasteiger partial charge on any atom is 0.257 e. The first kappa shape index (κ1) is 13.8. The van der Waals surface area contributed by atoms with Gasteiger partial charge in [0.1, 0.15) is 5.56 Å². The van der Waals surface area contributed by atoms with Gasteiger partial charge in [0.15, 0.2) is 9.84 Å². The third-order valence-electron chi connectivity index (χ3n) is 2.86. The van der Waals surface area contributed by atoms with Crippen molar-refractivity contribution in [3.63, 3.8) is 0 Å². The minimum atomic E-state index is -3.01. The van der Waals surface area contributed by atoms with Crippen LogP contribution in [0.4, 0.5) is 0 Å². The van der Waals surface area contributed by atoms with Crippen molar-refractivity contribution in [3.05, 3.63) is 23.9 Å². The molecular weight excluding hydrogens is 268 g/mol. The van der Waals surface area contributed by atoms with Crippen molar-refractivity contribution in [1.29, 1.82) is 0 Å². The first-order valence-corrected chi connectivity index (χ1v) is 7.93. The van der Waals surface area contributed by atoms with E-state index in [4.69, 9.17) is 4.74 Å². The van der Waals surface area contributed by atoms with Crippen molar-refractivity contribution in [2.75, 3.05) is 18.1 Å². The standard InChI is InChI=1S/C12H16N2O4S/c1-2-18-12-10(4-3-6-13-12)11(15)14-9-5-7-19(16,17)8-9/h3-4,6,9H,2,5,7-8H2,1H3,(H,14,15)/t9-/m0/s1. The van der Waals surface area contributed by atoms with Gasteiger partial charge in [-0.2, -0.15) is 0 Å². The second-order valence-electron chi connectivity index (χ2n) is 4.36. The summed E-state index contributed by atoms with van der Waals surface area (Å²) in [5.41, 5.74) is 0.327. The van der Waals surface area contributed by atoms with E-state index in [0.29, 0.717) is 18.6 Å². The van der Waals surface area contributed by atoms with E-state index in [1.54, 1.807) is 25.3 Å². The highest BCUT2D eigenvalue weighted by Crippen LogP contribution is 2.16. The highest BCUT2D eigenvalue weighted by Gasteiger charge is 2.29. The average molecular weight is 284 g/mol. The maximum atomic E-state index is 12.1. The molecule has 0 aromatic carbocycles. The number of sulfone groups is 1. The van der Waals surface area contributed by atoms with Gasteiger partial charge in [0.2, 0.25) is 5.88 Å². The normalized spacial score (nSPS) is 21.0. The molecule has 1 aromatic heterocycles. The van der Waals surface area contributed by atoms with E-state index in [1.165, 1.54) is 0 Å². The number of hydrogen-bond acceptors (Lipinski definition) is 5. The molecule has 0 spiro atoms. The van der Waals surface area contributed by atoms with Crippen LogP contribution in [0.1, 0.15) is 23.7 Å². The van der Waals surface area contributed by atoms with E-state index in [2.05, 4.69) is 10.3 Å². The summed E-state index contributed by atoms with van der Waals surface area (Å²) in [6.45, 7) is 2.22. The lowest BCUT2D eigenvalue weighted by Gasteiger charge is -2.12. The van der Waals surface area contributed by atoms with Crippen LogP contribution in [-0.4, -0.2) is 43.5 Å². The van der Waals surface area contributed by atoms with Crippen molar-refractivity contribution in [2.24, 2.45) is 0 Å². The van der Waals surface area contributed by atoms with Gasteiger partial charge >= 0.3 is 0 Å². The van der Waals surface area contributed by atoms with Gasteiger partial charge in [0.05, 0.1) is 18.1 Å². The van der Waals surface area contributed by atoms with Gasteiger partial charge < -0.3 is 10.1 Å². The smallest absolute Gasteiger partial charge is 0.257 e. The van der Waals surface area contributed by atoms with Crippen LogP contribution in [0.5, 0.6) is 5.88 Å². The molecule has 0 radical (unpaired) electrons. The Labute approximate surface area is 112 Å². The first-order valence-electron chi connectivity index (χ1n) is 6.11. The number of rotatable bonds is 4. The van der Waals surface area contributed by atoms with Crippen LogP contribution in [0, 0.1) is 0 Å². The number of nitrogens with one attached hydrogen (secondary N) is 1. The number of hydrogen-bond donors (Lipinski definition) is 1. The number of carbonyl (C=O) groups is 1. The molecule has 1 fully saturated rings. The summed E-state index contributed by atoms with van der Waals surface area (Å²) < 4.78 is 28.0.